The number of rotatable bonds is 6. The fourth-order valence-electron chi connectivity index (χ4n) is 1.89. The fourth-order valence-corrected chi connectivity index (χ4v) is 1.89. The summed E-state index contributed by atoms with van der Waals surface area (Å²) in [6.45, 7) is 0.427. The number of hydrogen-bond acceptors (Lipinski definition) is 3. The first-order valence-corrected chi connectivity index (χ1v) is 6.18. The number of aliphatic hydroxyl groups is 1. The fraction of sp³-hybridized carbons (Fsp3) is 0.538. The van der Waals surface area contributed by atoms with Gasteiger partial charge in [-0.25, -0.2) is 0 Å². The van der Waals surface area contributed by atoms with Crippen molar-refractivity contribution in [1.82, 2.24) is 5.32 Å². The summed E-state index contributed by atoms with van der Waals surface area (Å²) in [4.78, 5) is 0. The molecule has 3 nitrogen and oxygen atoms in total. The van der Waals surface area contributed by atoms with Gasteiger partial charge in [-0.05, 0) is 31.4 Å². The van der Waals surface area contributed by atoms with E-state index in [0.29, 0.717) is 18.0 Å². The van der Waals surface area contributed by atoms with Crippen molar-refractivity contribution in [2.75, 3.05) is 13.2 Å². The van der Waals surface area contributed by atoms with Crippen LogP contribution in [-0.2, 0) is 0 Å². The lowest BCUT2D eigenvalue weighted by Gasteiger charge is -2.20. The van der Waals surface area contributed by atoms with E-state index in [0.717, 1.165) is 12.8 Å². The molecule has 0 saturated heterocycles. The van der Waals surface area contributed by atoms with Crippen LogP contribution in [0.15, 0.2) is 24.3 Å². The van der Waals surface area contributed by atoms with Crippen LogP contribution in [-0.4, -0.2) is 24.6 Å². The van der Waals surface area contributed by atoms with Gasteiger partial charge in [0, 0.05) is 5.56 Å². The predicted octanol–water partition coefficient (Wildman–Crippen LogP) is 2.62. The van der Waals surface area contributed by atoms with Crippen LogP contribution in [0.5, 0.6) is 5.75 Å². The Balaban J connectivity index is 2.10. The normalized spacial score (nSPS) is 17.3. The molecule has 106 valence electrons. The number of ether oxygens (including phenoxy) is 1. The first-order chi connectivity index (χ1) is 8.99. The van der Waals surface area contributed by atoms with E-state index in [-0.39, 0.29) is 12.4 Å². The molecule has 0 bridgehead atoms. The Morgan fingerprint density at radius 2 is 2.00 bits per heavy atom. The lowest BCUT2D eigenvalue weighted by molar-refractivity contribution is -0.275. The molecule has 0 aromatic heterocycles. The average molecular weight is 275 g/mol. The van der Waals surface area contributed by atoms with Gasteiger partial charge in [-0.1, -0.05) is 18.2 Å². The highest BCUT2D eigenvalue weighted by Gasteiger charge is 2.33. The number of halogens is 3. The van der Waals surface area contributed by atoms with E-state index in [1.165, 1.54) is 18.2 Å². The minimum atomic E-state index is -4.73. The second-order valence-electron chi connectivity index (χ2n) is 4.67. The summed E-state index contributed by atoms with van der Waals surface area (Å²) in [5.41, 5.74) is 0.322. The minimum Gasteiger partial charge on any atom is -0.405 e. The number of alkyl halides is 3. The van der Waals surface area contributed by atoms with Crippen LogP contribution in [0.2, 0.25) is 0 Å². The number of para-hydroxylation sites is 1. The van der Waals surface area contributed by atoms with Gasteiger partial charge in [0.2, 0.25) is 0 Å². The van der Waals surface area contributed by atoms with Gasteiger partial charge in [0.05, 0.1) is 12.6 Å². The van der Waals surface area contributed by atoms with E-state index in [1.807, 2.05) is 0 Å². The van der Waals surface area contributed by atoms with Crippen LogP contribution in [0.4, 0.5) is 13.2 Å². The number of aliphatic hydroxyl groups excluding tert-OH is 1. The molecule has 0 spiro atoms. The summed E-state index contributed by atoms with van der Waals surface area (Å²) in [6.07, 6.45) is -2.47. The van der Waals surface area contributed by atoms with Gasteiger partial charge < -0.3 is 15.2 Å². The van der Waals surface area contributed by atoms with Gasteiger partial charge in [0.15, 0.2) is 0 Å². The quantitative estimate of drug-likeness (QED) is 0.838. The maximum absolute atomic E-state index is 12.3. The third kappa shape index (κ3) is 4.40. The van der Waals surface area contributed by atoms with Crippen molar-refractivity contribution >= 4 is 0 Å². The van der Waals surface area contributed by atoms with Crippen LogP contribution in [0.1, 0.15) is 24.4 Å². The Hall–Kier alpha value is -1.27. The monoisotopic (exact) mass is 275 g/mol. The molecule has 19 heavy (non-hydrogen) atoms. The van der Waals surface area contributed by atoms with Gasteiger partial charge in [0.1, 0.15) is 5.75 Å². The average Bonchev–Trinajstić information content (AvgIpc) is 3.14. The molecule has 1 aliphatic rings. The molecule has 2 rings (SSSR count). The van der Waals surface area contributed by atoms with Crippen molar-refractivity contribution in [2.45, 2.75) is 25.2 Å². The Kier molecular flexibility index (Phi) is 4.31. The lowest BCUT2D eigenvalue weighted by Crippen LogP contribution is -2.28. The summed E-state index contributed by atoms with van der Waals surface area (Å²) in [5, 5.41) is 12.4. The molecule has 1 atom stereocenters. The number of nitrogens with one attached hydrogen (secondary N) is 1. The Morgan fingerprint density at radius 1 is 1.32 bits per heavy atom. The van der Waals surface area contributed by atoms with Crippen molar-refractivity contribution in [3.63, 3.8) is 0 Å². The molecule has 1 fully saturated rings. The summed E-state index contributed by atoms with van der Waals surface area (Å²) in [6, 6.07) is 5.34. The van der Waals surface area contributed by atoms with Crippen LogP contribution >= 0.6 is 0 Å². The van der Waals surface area contributed by atoms with E-state index in [1.54, 1.807) is 6.07 Å². The van der Waals surface area contributed by atoms with Gasteiger partial charge in [-0.2, -0.15) is 0 Å². The van der Waals surface area contributed by atoms with Crippen LogP contribution in [0, 0.1) is 5.92 Å². The second kappa shape index (κ2) is 5.79. The molecule has 6 heteroatoms. The Bertz CT molecular complexity index is 419. The summed E-state index contributed by atoms with van der Waals surface area (Å²) in [5.74, 6) is 0.307. The summed E-state index contributed by atoms with van der Waals surface area (Å²) < 4.78 is 40.9. The zero-order valence-corrected chi connectivity index (χ0v) is 10.3. The molecule has 1 aromatic rings. The van der Waals surface area contributed by atoms with Crippen molar-refractivity contribution in [3.8, 4) is 5.75 Å². The zero-order valence-electron chi connectivity index (χ0n) is 10.3. The van der Waals surface area contributed by atoms with Crippen molar-refractivity contribution in [1.29, 1.82) is 0 Å². The van der Waals surface area contributed by atoms with Crippen LogP contribution in [0.3, 0.4) is 0 Å². The molecule has 0 heterocycles. The molecular weight excluding hydrogens is 259 g/mol. The third-order valence-corrected chi connectivity index (χ3v) is 3.05. The Morgan fingerprint density at radius 3 is 2.58 bits per heavy atom. The molecule has 1 aromatic carbocycles. The van der Waals surface area contributed by atoms with E-state index >= 15 is 0 Å². The van der Waals surface area contributed by atoms with Crippen molar-refractivity contribution < 1.29 is 23.0 Å². The lowest BCUT2D eigenvalue weighted by atomic mass is 10.1. The summed E-state index contributed by atoms with van der Waals surface area (Å²) in [7, 11) is 0. The van der Waals surface area contributed by atoms with Crippen molar-refractivity contribution in [2.24, 2.45) is 5.92 Å². The highest BCUT2D eigenvalue weighted by molar-refractivity contribution is 5.36. The number of hydrogen-bond donors (Lipinski definition) is 2. The van der Waals surface area contributed by atoms with Gasteiger partial charge in [-0.15, -0.1) is 13.2 Å². The smallest absolute Gasteiger partial charge is 0.405 e. The highest BCUT2D eigenvalue weighted by Crippen LogP contribution is 2.32. The maximum atomic E-state index is 12.3. The Labute approximate surface area is 109 Å². The first-order valence-electron chi connectivity index (χ1n) is 6.18. The van der Waals surface area contributed by atoms with E-state index in [2.05, 4.69) is 10.1 Å². The molecule has 2 N–H and O–H groups in total. The summed E-state index contributed by atoms with van der Waals surface area (Å²) >= 11 is 0. The molecular formula is C13H16F3NO2. The molecule has 1 aliphatic carbocycles. The van der Waals surface area contributed by atoms with Crippen LogP contribution in [0.25, 0.3) is 0 Å². The SMILES string of the molecule is OCC(NCC1CC1)c1ccccc1OC(F)(F)F. The highest BCUT2D eigenvalue weighted by atomic mass is 19.4. The first kappa shape index (κ1) is 14.1. The third-order valence-electron chi connectivity index (χ3n) is 3.05. The molecule has 0 amide bonds. The second-order valence-corrected chi connectivity index (χ2v) is 4.67. The van der Waals surface area contributed by atoms with E-state index < -0.39 is 12.4 Å². The zero-order chi connectivity index (χ0) is 13.9. The molecule has 0 aliphatic heterocycles. The van der Waals surface area contributed by atoms with Gasteiger partial charge >= 0.3 is 6.36 Å². The standard InChI is InChI=1S/C13H16F3NO2/c14-13(15,16)19-12-4-2-1-3-10(12)11(8-18)17-7-9-5-6-9/h1-4,9,11,17-18H,5-8H2. The van der Waals surface area contributed by atoms with Gasteiger partial charge in [-0.3, -0.25) is 0 Å². The molecule has 1 saturated carbocycles. The van der Waals surface area contributed by atoms with Crippen LogP contribution < -0.4 is 10.1 Å². The maximum Gasteiger partial charge on any atom is 0.573 e. The largest absolute Gasteiger partial charge is 0.573 e. The van der Waals surface area contributed by atoms with Gasteiger partial charge in [0.25, 0.3) is 0 Å². The predicted molar refractivity (Wildman–Crippen MR) is 63.7 cm³/mol. The van der Waals surface area contributed by atoms with Crippen molar-refractivity contribution in [3.05, 3.63) is 29.8 Å². The topological polar surface area (TPSA) is 41.5 Å². The minimum absolute atomic E-state index is 0.266. The molecule has 1 unspecified atom stereocenters. The molecule has 0 radical (unpaired) electrons. The van der Waals surface area contributed by atoms with E-state index in [9.17, 15) is 18.3 Å². The number of benzene rings is 1. The van der Waals surface area contributed by atoms with E-state index in [4.69, 9.17) is 0 Å².